The molecule has 0 aliphatic heterocycles. The Bertz CT molecular complexity index is 580. The summed E-state index contributed by atoms with van der Waals surface area (Å²) >= 11 is 1.38. The number of hydrogen-bond donors (Lipinski definition) is 1. The maximum atomic E-state index is 12.0. The van der Waals surface area contributed by atoms with E-state index in [0.717, 1.165) is 5.69 Å². The number of hydrogen-bond acceptors (Lipinski definition) is 7. The molecule has 2 aromatic heterocycles. The molecule has 0 aromatic carbocycles. The summed E-state index contributed by atoms with van der Waals surface area (Å²) in [7, 11) is 1.72. The molecule has 7 nitrogen and oxygen atoms in total. The molecule has 20 heavy (non-hydrogen) atoms. The van der Waals surface area contributed by atoms with E-state index in [-0.39, 0.29) is 5.91 Å². The van der Waals surface area contributed by atoms with Gasteiger partial charge >= 0.3 is 0 Å². The van der Waals surface area contributed by atoms with Gasteiger partial charge in [0.05, 0.1) is 12.2 Å². The largest absolute Gasteiger partial charge is 0.375 e. The molecule has 1 amide bonds. The van der Waals surface area contributed by atoms with Gasteiger partial charge in [-0.25, -0.2) is 4.98 Å². The summed E-state index contributed by atoms with van der Waals surface area (Å²) < 4.78 is 5.06. The Kier molecular flexibility index (Phi) is 4.67. The van der Waals surface area contributed by atoms with Gasteiger partial charge in [-0.15, -0.1) is 11.3 Å². The predicted molar refractivity (Wildman–Crippen MR) is 75.0 cm³/mol. The zero-order chi connectivity index (χ0) is 14.5. The lowest BCUT2D eigenvalue weighted by molar-refractivity contribution is -0.130. The van der Waals surface area contributed by atoms with Gasteiger partial charge in [-0.3, -0.25) is 4.79 Å². The van der Waals surface area contributed by atoms with Crippen molar-refractivity contribution in [3.8, 4) is 0 Å². The Morgan fingerprint density at radius 1 is 1.50 bits per heavy atom. The van der Waals surface area contributed by atoms with Crippen LogP contribution in [0.25, 0.3) is 0 Å². The zero-order valence-electron chi connectivity index (χ0n) is 11.5. The van der Waals surface area contributed by atoms with Crippen LogP contribution in [0.5, 0.6) is 0 Å². The van der Waals surface area contributed by atoms with E-state index in [9.17, 15) is 4.79 Å². The number of rotatable bonds is 6. The van der Waals surface area contributed by atoms with Crippen molar-refractivity contribution in [2.45, 2.75) is 32.7 Å². The molecule has 0 saturated heterocycles. The van der Waals surface area contributed by atoms with Crippen molar-refractivity contribution in [2.75, 3.05) is 12.8 Å². The number of nitrogen functional groups attached to an aromatic ring is 1. The van der Waals surface area contributed by atoms with Crippen molar-refractivity contribution in [3.05, 3.63) is 22.8 Å². The molecule has 0 bridgehead atoms. The number of nitrogens with two attached hydrogens (primary N) is 1. The van der Waals surface area contributed by atoms with Crippen LogP contribution in [-0.2, 0) is 24.2 Å². The van der Waals surface area contributed by atoms with Gasteiger partial charge in [0.2, 0.25) is 11.8 Å². The SMILES string of the molecule is CCc1noc(CN(C)C(=O)CCc2csc(N)n2)n1. The van der Waals surface area contributed by atoms with E-state index >= 15 is 0 Å². The molecule has 0 atom stereocenters. The smallest absolute Gasteiger partial charge is 0.246 e. The van der Waals surface area contributed by atoms with Crippen molar-refractivity contribution in [2.24, 2.45) is 0 Å². The van der Waals surface area contributed by atoms with Crippen LogP contribution in [0.3, 0.4) is 0 Å². The summed E-state index contributed by atoms with van der Waals surface area (Å²) in [6.07, 6.45) is 1.68. The van der Waals surface area contributed by atoms with Crippen LogP contribution in [-0.4, -0.2) is 33.0 Å². The number of carbonyl (C=O) groups excluding carboxylic acids is 1. The fraction of sp³-hybridized carbons (Fsp3) is 0.500. The fourth-order valence-electron chi connectivity index (χ4n) is 1.65. The minimum absolute atomic E-state index is 0.00724. The number of aromatic nitrogens is 3. The summed E-state index contributed by atoms with van der Waals surface area (Å²) in [6.45, 7) is 2.27. The molecule has 0 spiro atoms. The van der Waals surface area contributed by atoms with Crippen molar-refractivity contribution < 1.29 is 9.32 Å². The third kappa shape index (κ3) is 3.77. The summed E-state index contributed by atoms with van der Waals surface area (Å²) in [5.41, 5.74) is 6.39. The standard InChI is InChI=1S/C12H17N5O2S/c1-3-9-15-10(19-16-9)6-17(2)11(18)5-4-8-7-20-12(13)14-8/h7H,3-6H2,1-2H3,(H2,13,14). The lowest BCUT2D eigenvalue weighted by Gasteiger charge is -2.14. The average Bonchev–Trinajstić information content (AvgIpc) is 3.04. The Morgan fingerprint density at radius 3 is 2.90 bits per heavy atom. The third-order valence-electron chi connectivity index (χ3n) is 2.79. The molecule has 2 rings (SSSR count). The lowest BCUT2D eigenvalue weighted by atomic mass is 10.2. The fourth-order valence-corrected chi connectivity index (χ4v) is 2.25. The summed E-state index contributed by atoms with van der Waals surface area (Å²) in [5, 5.41) is 6.19. The molecule has 0 aliphatic rings. The number of thiazole rings is 1. The minimum atomic E-state index is 0.00724. The van der Waals surface area contributed by atoms with Crippen molar-refractivity contribution >= 4 is 22.4 Å². The van der Waals surface area contributed by atoms with E-state index in [4.69, 9.17) is 10.3 Å². The second-order valence-electron chi connectivity index (χ2n) is 4.38. The summed E-state index contributed by atoms with van der Waals surface area (Å²) in [5.74, 6) is 1.11. The van der Waals surface area contributed by atoms with Gasteiger partial charge in [0.25, 0.3) is 0 Å². The monoisotopic (exact) mass is 295 g/mol. The highest BCUT2D eigenvalue weighted by atomic mass is 32.1. The zero-order valence-corrected chi connectivity index (χ0v) is 12.3. The van der Waals surface area contributed by atoms with Gasteiger partial charge < -0.3 is 15.2 Å². The highest BCUT2D eigenvalue weighted by molar-refractivity contribution is 7.13. The summed E-state index contributed by atoms with van der Waals surface area (Å²) in [6, 6.07) is 0. The number of carbonyl (C=O) groups is 1. The molecule has 2 heterocycles. The van der Waals surface area contributed by atoms with Crippen LogP contribution >= 0.6 is 11.3 Å². The van der Waals surface area contributed by atoms with Crippen LogP contribution in [0.4, 0.5) is 5.13 Å². The number of aryl methyl sites for hydroxylation is 2. The highest BCUT2D eigenvalue weighted by Gasteiger charge is 2.14. The third-order valence-corrected chi connectivity index (χ3v) is 3.51. The van der Waals surface area contributed by atoms with Crippen molar-refractivity contribution in [3.63, 3.8) is 0 Å². The lowest BCUT2D eigenvalue weighted by Crippen LogP contribution is -2.26. The van der Waals surface area contributed by atoms with E-state index in [1.807, 2.05) is 12.3 Å². The van der Waals surface area contributed by atoms with Crippen LogP contribution < -0.4 is 5.73 Å². The molecule has 0 saturated carbocycles. The second kappa shape index (κ2) is 6.47. The van der Waals surface area contributed by atoms with Gasteiger partial charge in [-0.05, 0) is 6.42 Å². The number of amides is 1. The van der Waals surface area contributed by atoms with Crippen LogP contribution in [0.15, 0.2) is 9.90 Å². The van der Waals surface area contributed by atoms with Crippen LogP contribution in [0.2, 0.25) is 0 Å². The molecule has 2 N–H and O–H groups in total. The van der Waals surface area contributed by atoms with E-state index in [1.54, 1.807) is 11.9 Å². The molecule has 2 aromatic rings. The minimum Gasteiger partial charge on any atom is -0.375 e. The molecule has 0 fully saturated rings. The van der Waals surface area contributed by atoms with E-state index in [1.165, 1.54) is 11.3 Å². The molecular formula is C12H17N5O2S. The Labute approximate surface area is 120 Å². The molecule has 0 aliphatic carbocycles. The first-order valence-corrected chi connectivity index (χ1v) is 7.21. The van der Waals surface area contributed by atoms with E-state index < -0.39 is 0 Å². The second-order valence-corrected chi connectivity index (χ2v) is 5.27. The first kappa shape index (κ1) is 14.4. The maximum Gasteiger partial charge on any atom is 0.246 e. The Morgan fingerprint density at radius 2 is 2.30 bits per heavy atom. The summed E-state index contributed by atoms with van der Waals surface area (Å²) in [4.78, 5) is 21.9. The van der Waals surface area contributed by atoms with Crippen molar-refractivity contribution in [1.29, 1.82) is 0 Å². The maximum absolute atomic E-state index is 12.0. The van der Waals surface area contributed by atoms with Gasteiger partial charge in [0.15, 0.2) is 11.0 Å². The Hall–Kier alpha value is -1.96. The van der Waals surface area contributed by atoms with Crippen LogP contribution in [0, 0.1) is 0 Å². The first-order chi connectivity index (χ1) is 9.58. The van der Waals surface area contributed by atoms with Gasteiger partial charge in [0.1, 0.15) is 0 Å². The van der Waals surface area contributed by atoms with Crippen molar-refractivity contribution in [1.82, 2.24) is 20.0 Å². The molecule has 0 radical (unpaired) electrons. The van der Waals surface area contributed by atoms with Gasteiger partial charge in [-0.1, -0.05) is 12.1 Å². The quantitative estimate of drug-likeness (QED) is 0.861. The number of nitrogens with zero attached hydrogens (tertiary/aromatic N) is 4. The molecule has 0 unspecified atom stereocenters. The highest BCUT2D eigenvalue weighted by Crippen LogP contribution is 2.13. The first-order valence-electron chi connectivity index (χ1n) is 6.33. The average molecular weight is 295 g/mol. The Balaban J connectivity index is 1.82. The van der Waals surface area contributed by atoms with E-state index in [0.29, 0.717) is 42.7 Å². The van der Waals surface area contributed by atoms with Gasteiger partial charge in [0, 0.05) is 25.3 Å². The number of anilines is 1. The predicted octanol–water partition coefficient (Wildman–Crippen LogP) is 1.26. The van der Waals surface area contributed by atoms with E-state index in [2.05, 4.69) is 15.1 Å². The van der Waals surface area contributed by atoms with Gasteiger partial charge in [-0.2, -0.15) is 4.98 Å². The molecule has 108 valence electrons. The molecule has 8 heteroatoms. The van der Waals surface area contributed by atoms with Crippen LogP contribution in [0.1, 0.15) is 30.8 Å². The normalized spacial score (nSPS) is 10.7. The molecular weight excluding hydrogens is 278 g/mol. The topological polar surface area (TPSA) is 98.1 Å².